The molecule has 1 N–H and O–H groups in total. The first kappa shape index (κ1) is 16.8. The van der Waals surface area contributed by atoms with Crippen LogP contribution >= 0.6 is 11.6 Å². The highest BCUT2D eigenvalue weighted by Crippen LogP contribution is 2.39. The summed E-state index contributed by atoms with van der Waals surface area (Å²) in [5, 5.41) is 3.16. The fourth-order valence-corrected chi connectivity index (χ4v) is 3.43. The number of rotatable bonds is 4. The van der Waals surface area contributed by atoms with Crippen molar-refractivity contribution in [2.75, 3.05) is 5.88 Å². The standard InChI is InChI=1S/C16H30ClNO/c1-15(2,3)13-8-6-12(7-9-13)14(19)18-16(4,5)10-11-17/h12-13H,6-11H2,1-5H3,(H,18,19). The second-order valence-electron chi connectivity index (χ2n) is 7.73. The summed E-state index contributed by atoms with van der Waals surface area (Å²) in [4.78, 5) is 12.3. The van der Waals surface area contributed by atoms with Crippen molar-refractivity contribution in [2.45, 2.75) is 72.3 Å². The fourth-order valence-electron chi connectivity index (χ4n) is 2.96. The van der Waals surface area contributed by atoms with E-state index in [1.165, 1.54) is 12.8 Å². The minimum atomic E-state index is -0.181. The number of hydrogen-bond donors (Lipinski definition) is 1. The van der Waals surface area contributed by atoms with Gasteiger partial charge in [-0.15, -0.1) is 11.6 Å². The summed E-state index contributed by atoms with van der Waals surface area (Å²) in [6.07, 6.45) is 5.24. The molecule has 1 fully saturated rings. The van der Waals surface area contributed by atoms with E-state index in [1.54, 1.807) is 0 Å². The van der Waals surface area contributed by atoms with Gasteiger partial charge in [-0.25, -0.2) is 0 Å². The molecule has 19 heavy (non-hydrogen) atoms. The van der Waals surface area contributed by atoms with Crippen molar-refractivity contribution < 1.29 is 4.79 Å². The lowest BCUT2D eigenvalue weighted by atomic mass is 9.69. The van der Waals surface area contributed by atoms with Gasteiger partial charge in [-0.3, -0.25) is 4.79 Å². The van der Waals surface area contributed by atoms with Crippen LogP contribution in [0.4, 0.5) is 0 Å². The van der Waals surface area contributed by atoms with E-state index in [-0.39, 0.29) is 17.4 Å². The Bertz CT molecular complexity index is 298. The number of halogens is 1. The Morgan fingerprint density at radius 3 is 2.05 bits per heavy atom. The van der Waals surface area contributed by atoms with Gasteiger partial charge in [0.25, 0.3) is 0 Å². The van der Waals surface area contributed by atoms with Gasteiger partial charge in [-0.05, 0) is 57.3 Å². The smallest absolute Gasteiger partial charge is 0.223 e. The first-order valence-electron chi connectivity index (χ1n) is 7.54. The average molecular weight is 288 g/mol. The first-order valence-corrected chi connectivity index (χ1v) is 8.07. The number of carbonyl (C=O) groups excluding carboxylic acids is 1. The number of carbonyl (C=O) groups is 1. The number of hydrogen-bond acceptors (Lipinski definition) is 1. The highest BCUT2D eigenvalue weighted by atomic mass is 35.5. The second kappa shape index (κ2) is 6.47. The van der Waals surface area contributed by atoms with Gasteiger partial charge >= 0.3 is 0 Å². The van der Waals surface area contributed by atoms with Crippen LogP contribution in [0.25, 0.3) is 0 Å². The van der Waals surface area contributed by atoms with E-state index in [4.69, 9.17) is 11.6 Å². The molecule has 3 heteroatoms. The maximum atomic E-state index is 12.3. The predicted molar refractivity (Wildman–Crippen MR) is 82.5 cm³/mol. The molecule has 0 aromatic carbocycles. The Hall–Kier alpha value is -0.240. The van der Waals surface area contributed by atoms with E-state index in [9.17, 15) is 4.79 Å². The highest BCUT2D eigenvalue weighted by Gasteiger charge is 2.33. The van der Waals surface area contributed by atoms with Gasteiger partial charge in [0.05, 0.1) is 0 Å². The summed E-state index contributed by atoms with van der Waals surface area (Å²) in [6.45, 7) is 11.0. The Balaban J connectivity index is 2.45. The second-order valence-corrected chi connectivity index (χ2v) is 8.10. The first-order chi connectivity index (χ1) is 8.65. The molecular formula is C16H30ClNO. The number of amides is 1. The molecule has 0 unspecified atom stereocenters. The molecule has 2 nitrogen and oxygen atoms in total. The average Bonchev–Trinajstić information content (AvgIpc) is 2.27. The van der Waals surface area contributed by atoms with Crippen molar-refractivity contribution in [2.24, 2.45) is 17.3 Å². The van der Waals surface area contributed by atoms with Crippen molar-refractivity contribution in [1.82, 2.24) is 5.32 Å². The highest BCUT2D eigenvalue weighted by molar-refractivity contribution is 6.17. The van der Waals surface area contributed by atoms with Crippen molar-refractivity contribution in [3.05, 3.63) is 0 Å². The van der Waals surface area contributed by atoms with Gasteiger partial charge in [0.1, 0.15) is 0 Å². The Morgan fingerprint density at radius 1 is 1.11 bits per heavy atom. The third-order valence-corrected chi connectivity index (χ3v) is 4.69. The van der Waals surface area contributed by atoms with Crippen LogP contribution in [0.2, 0.25) is 0 Å². The SMILES string of the molecule is CC(C)(CCCl)NC(=O)C1CCC(C(C)(C)C)CC1. The van der Waals surface area contributed by atoms with Crippen LogP contribution in [0.15, 0.2) is 0 Å². The van der Waals surface area contributed by atoms with Crippen LogP contribution in [0.3, 0.4) is 0 Å². The molecule has 0 aromatic heterocycles. The van der Waals surface area contributed by atoms with Gasteiger partial charge in [0.2, 0.25) is 5.91 Å². The third kappa shape index (κ3) is 5.33. The summed E-state index contributed by atoms with van der Waals surface area (Å²) in [6, 6.07) is 0. The molecule has 0 atom stereocenters. The molecule has 0 spiro atoms. The minimum Gasteiger partial charge on any atom is -0.351 e. The molecule has 1 rings (SSSR count). The predicted octanol–water partition coefficient (Wildman–Crippen LogP) is 4.36. The molecule has 0 heterocycles. The molecule has 1 aliphatic carbocycles. The molecule has 0 bridgehead atoms. The lowest BCUT2D eigenvalue weighted by Gasteiger charge is -2.37. The van der Waals surface area contributed by atoms with Crippen LogP contribution in [-0.2, 0) is 4.79 Å². The summed E-state index contributed by atoms with van der Waals surface area (Å²) in [5.74, 6) is 1.77. The van der Waals surface area contributed by atoms with Crippen molar-refractivity contribution in [3.8, 4) is 0 Å². The van der Waals surface area contributed by atoms with Crippen LogP contribution in [0.5, 0.6) is 0 Å². The van der Waals surface area contributed by atoms with Crippen LogP contribution in [0, 0.1) is 17.3 Å². The quantitative estimate of drug-likeness (QED) is 0.765. The molecule has 0 aliphatic heterocycles. The molecule has 0 saturated heterocycles. The molecular weight excluding hydrogens is 258 g/mol. The zero-order valence-corrected chi connectivity index (χ0v) is 13.9. The fraction of sp³-hybridized carbons (Fsp3) is 0.938. The van der Waals surface area contributed by atoms with Crippen molar-refractivity contribution >= 4 is 17.5 Å². The van der Waals surface area contributed by atoms with Crippen molar-refractivity contribution in [3.63, 3.8) is 0 Å². The molecule has 1 aliphatic rings. The summed E-state index contributed by atoms with van der Waals surface area (Å²) in [7, 11) is 0. The molecule has 1 saturated carbocycles. The van der Waals surface area contributed by atoms with Crippen LogP contribution < -0.4 is 5.32 Å². The zero-order chi connectivity index (χ0) is 14.7. The molecule has 0 radical (unpaired) electrons. The lowest BCUT2D eigenvalue weighted by molar-refractivity contribution is -0.128. The Morgan fingerprint density at radius 2 is 1.63 bits per heavy atom. The van der Waals surface area contributed by atoms with E-state index in [0.29, 0.717) is 11.3 Å². The monoisotopic (exact) mass is 287 g/mol. The minimum absolute atomic E-state index is 0.181. The largest absolute Gasteiger partial charge is 0.351 e. The van der Waals surface area contributed by atoms with E-state index >= 15 is 0 Å². The zero-order valence-electron chi connectivity index (χ0n) is 13.2. The third-order valence-electron chi connectivity index (χ3n) is 4.50. The number of nitrogens with one attached hydrogen (secondary N) is 1. The van der Waals surface area contributed by atoms with Gasteiger partial charge in [-0.1, -0.05) is 20.8 Å². The lowest BCUT2D eigenvalue weighted by Crippen LogP contribution is -2.47. The Labute approximate surface area is 123 Å². The van der Waals surface area contributed by atoms with Crippen LogP contribution in [0.1, 0.15) is 66.7 Å². The van der Waals surface area contributed by atoms with E-state index in [1.807, 2.05) is 13.8 Å². The maximum absolute atomic E-state index is 12.3. The van der Waals surface area contributed by atoms with E-state index < -0.39 is 0 Å². The van der Waals surface area contributed by atoms with Crippen LogP contribution in [-0.4, -0.2) is 17.3 Å². The molecule has 1 amide bonds. The summed E-state index contributed by atoms with van der Waals surface area (Å²) in [5.41, 5.74) is 0.194. The van der Waals surface area contributed by atoms with Gasteiger partial charge in [-0.2, -0.15) is 0 Å². The topological polar surface area (TPSA) is 29.1 Å². The van der Waals surface area contributed by atoms with Gasteiger partial charge < -0.3 is 5.32 Å². The van der Waals surface area contributed by atoms with E-state index in [0.717, 1.165) is 25.2 Å². The summed E-state index contributed by atoms with van der Waals surface area (Å²) >= 11 is 5.77. The van der Waals surface area contributed by atoms with Gasteiger partial charge in [0, 0.05) is 17.3 Å². The molecule has 112 valence electrons. The maximum Gasteiger partial charge on any atom is 0.223 e. The number of alkyl halides is 1. The molecule has 0 aromatic rings. The Kier molecular flexibility index (Phi) is 5.73. The summed E-state index contributed by atoms with van der Waals surface area (Å²) < 4.78 is 0. The normalized spacial score (nSPS) is 25.2. The van der Waals surface area contributed by atoms with Crippen molar-refractivity contribution in [1.29, 1.82) is 0 Å². The van der Waals surface area contributed by atoms with E-state index in [2.05, 4.69) is 26.1 Å². The van der Waals surface area contributed by atoms with Gasteiger partial charge in [0.15, 0.2) is 0 Å².